The summed E-state index contributed by atoms with van der Waals surface area (Å²) in [4.78, 5) is 7.66. The Balaban J connectivity index is 1.58. The molecule has 3 aromatic heterocycles. The van der Waals surface area contributed by atoms with E-state index >= 15 is 0 Å². The molecule has 0 aliphatic heterocycles. The number of hydrogen-bond acceptors (Lipinski definition) is 2. The summed E-state index contributed by atoms with van der Waals surface area (Å²) in [6.45, 7) is 3.11. The van der Waals surface area contributed by atoms with Gasteiger partial charge in [-0.3, -0.25) is 0 Å². The van der Waals surface area contributed by atoms with Crippen LogP contribution < -0.4 is 5.32 Å². The molecule has 4 rings (SSSR count). The Labute approximate surface area is 133 Å². The third kappa shape index (κ3) is 2.39. The molecule has 2 N–H and O–H groups in total. The Kier molecular flexibility index (Phi) is 3.35. The summed E-state index contributed by atoms with van der Waals surface area (Å²) in [5.74, 6) is -0.181. The molecule has 0 atom stereocenters. The van der Waals surface area contributed by atoms with Crippen LogP contribution in [-0.4, -0.2) is 14.4 Å². The lowest BCUT2D eigenvalue weighted by atomic mass is 10.1. The number of aromatic amines is 1. The molecule has 0 aliphatic carbocycles. The van der Waals surface area contributed by atoms with Gasteiger partial charge in [-0.1, -0.05) is 6.07 Å². The summed E-state index contributed by atoms with van der Waals surface area (Å²) in [5.41, 5.74) is 4.66. The maximum absolute atomic E-state index is 14.1. The van der Waals surface area contributed by atoms with E-state index in [1.54, 1.807) is 6.07 Å². The number of H-pyrrole nitrogens is 1. The van der Waals surface area contributed by atoms with Gasteiger partial charge in [0.15, 0.2) is 0 Å². The fraction of sp³-hybridized carbons (Fsp3) is 0.167. The van der Waals surface area contributed by atoms with Gasteiger partial charge in [-0.25, -0.2) is 9.37 Å². The summed E-state index contributed by atoms with van der Waals surface area (Å²) in [6.07, 6.45) is 3.84. The van der Waals surface area contributed by atoms with E-state index in [1.807, 2.05) is 43.6 Å². The summed E-state index contributed by atoms with van der Waals surface area (Å²) < 4.78 is 16.2. The van der Waals surface area contributed by atoms with Crippen LogP contribution in [0.4, 0.5) is 4.39 Å². The fourth-order valence-corrected chi connectivity index (χ4v) is 3.03. The zero-order chi connectivity index (χ0) is 15.8. The first-order valence-corrected chi connectivity index (χ1v) is 7.62. The van der Waals surface area contributed by atoms with Crippen molar-refractivity contribution in [3.8, 4) is 0 Å². The van der Waals surface area contributed by atoms with Crippen molar-refractivity contribution in [2.75, 3.05) is 0 Å². The van der Waals surface area contributed by atoms with E-state index in [0.29, 0.717) is 18.7 Å². The molecule has 3 heterocycles. The molecule has 0 radical (unpaired) electrons. The summed E-state index contributed by atoms with van der Waals surface area (Å²) in [7, 11) is 0. The predicted octanol–water partition coefficient (Wildman–Crippen LogP) is 3.55. The topological polar surface area (TPSA) is 45.1 Å². The van der Waals surface area contributed by atoms with Gasteiger partial charge in [-0.2, -0.15) is 0 Å². The molecule has 0 saturated heterocycles. The molecule has 0 fully saturated rings. The molecule has 4 aromatic rings. The maximum atomic E-state index is 14.1. The van der Waals surface area contributed by atoms with Crippen LogP contribution in [0.5, 0.6) is 0 Å². The number of nitrogens with one attached hydrogen (secondary N) is 2. The molecule has 1 aromatic carbocycles. The van der Waals surface area contributed by atoms with Crippen LogP contribution in [0.2, 0.25) is 0 Å². The van der Waals surface area contributed by atoms with Crippen molar-refractivity contribution in [1.82, 2.24) is 19.7 Å². The highest BCUT2D eigenvalue weighted by Crippen LogP contribution is 2.21. The second kappa shape index (κ2) is 5.52. The van der Waals surface area contributed by atoms with Gasteiger partial charge in [-0.05, 0) is 37.3 Å². The highest BCUT2D eigenvalue weighted by atomic mass is 19.1. The van der Waals surface area contributed by atoms with Gasteiger partial charge in [0.25, 0.3) is 0 Å². The van der Waals surface area contributed by atoms with Gasteiger partial charge < -0.3 is 14.7 Å². The van der Waals surface area contributed by atoms with Gasteiger partial charge in [0, 0.05) is 41.9 Å². The Hall–Kier alpha value is -2.66. The minimum Gasteiger partial charge on any atom is -0.361 e. The molecule has 0 bridgehead atoms. The standard InChI is InChI=1S/C18H17FN4/c1-12-17(23-9-3-2-4-18(23)22-12)11-20-10-14-13-7-8-21-16(13)6-5-15(14)19/h2-9,20-21H,10-11H2,1H3. The van der Waals surface area contributed by atoms with E-state index in [1.165, 1.54) is 6.07 Å². The number of benzene rings is 1. The molecule has 0 amide bonds. The second-order valence-corrected chi connectivity index (χ2v) is 5.64. The monoisotopic (exact) mass is 308 g/mol. The second-order valence-electron chi connectivity index (χ2n) is 5.64. The highest BCUT2D eigenvalue weighted by molar-refractivity contribution is 5.83. The number of nitrogens with zero attached hydrogens (tertiary/aromatic N) is 2. The van der Waals surface area contributed by atoms with Crippen molar-refractivity contribution < 1.29 is 4.39 Å². The Bertz CT molecular complexity index is 983. The lowest BCUT2D eigenvalue weighted by Gasteiger charge is -2.08. The molecule has 0 aliphatic rings. The van der Waals surface area contributed by atoms with Crippen LogP contribution in [0.15, 0.2) is 48.8 Å². The highest BCUT2D eigenvalue weighted by Gasteiger charge is 2.10. The summed E-state index contributed by atoms with van der Waals surface area (Å²) >= 11 is 0. The van der Waals surface area contributed by atoms with Crippen LogP contribution in [0.1, 0.15) is 17.0 Å². The first kappa shape index (κ1) is 14.0. The van der Waals surface area contributed by atoms with Crippen molar-refractivity contribution in [2.45, 2.75) is 20.0 Å². The first-order valence-electron chi connectivity index (χ1n) is 7.62. The molecule has 0 unspecified atom stereocenters. The first-order chi connectivity index (χ1) is 11.2. The van der Waals surface area contributed by atoms with Crippen LogP contribution in [0.25, 0.3) is 16.6 Å². The zero-order valence-electron chi connectivity index (χ0n) is 12.8. The average molecular weight is 308 g/mol. The molecule has 0 spiro atoms. The van der Waals surface area contributed by atoms with E-state index in [0.717, 1.165) is 27.9 Å². The third-order valence-electron chi connectivity index (χ3n) is 4.21. The minimum atomic E-state index is -0.181. The molecule has 5 heteroatoms. The number of imidazole rings is 1. The smallest absolute Gasteiger partial charge is 0.137 e. The Morgan fingerprint density at radius 3 is 3.00 bits per heavy atom. The molecule has 4 nitrogen and oxygen atoms in total. The zero-order valence-corrected chi connectivity index (χ0v) is 12.8. The molecule has 0 saturated carbocycles. The van der Waals surface area contributed by atoms with Crippen molar-refractivity contribution in [1.29, 1.82) is 0 Å². The van der Waals surface area contributed by atoms with Gasteiger partial charge in [-0.15, -0.1) is 0 Å². The van der Waals surface area contributed by atoms with Crippen LogP contribution in [0, 0.1) is 12.7 Å². The molecule has 23 heavy (non-hydrogen) atoms. The summed E-state index contributed by atoms with van der Waals surface area (Å²) in [6, 6.07) is 11.1. The SMILES string of the molecule is Cc1nc2ccccn2c1CNCc1c(F)ccc2[nH]ccc12. The number of aromatic nitrogens is 3. The van der Waals surface area contributed by atoms with Crippen molar-refractivity contribution in [3.63, 3.8) is 0 Å². The third-order valence-corrected chi connectivity index (χ3v) is 4.21. The van der Waals surface area contributed by atoms with Crippen LogP contribution >= 0.6 is 0 Å². The Morgan fingerprint density at radius 2 is 2.09 bits per heavy atom. The number of pyridine rings is 1. The van der Waals surface area contributed by atoms with E-state index in [-0.39, 0.29) is 5.82 Å². The average Bonchev–Trinajstić information content (AvgIpc) is 3.14. The lowest BCUT2D eigenvalue weighted by molar-refractivity contribution is 0.588. The summed E-state index contributed by atoms with van der Waals surface area (Å²) in [5, 5.41) is 4.27. The van der Waals surface area contributed by atoms with E-state index in [2.05, 4.69) is 19.7 Å². The fourth-order valence-electron chi connectivity index (χ4n) is 3.03. The van der Waals surface area contributed by atoms with Gasteiger partial charge in [0.2, 0.25) is 0 Å². The largest absolute Gasteiger partial charge is 0.361 e. The van der Waals surface area contributed by atoms with E-state index in [9.17, 15) is 4.39 Å². The minimum absolute atomic E-state index is 0.181. The van der Waals surface area contributed by atoms with Crippen molar-refractivity contribution in [3.05, 3.63) is 71.6 Å². The number of aryl methyl sites for hydroxylation is 1. The number of rotatable bonds is 4. The molecular weight excluding hydrogens is 291 g/mol. The number of hydrogen-bond donors (Lipinski definition) is 2. The van der Waals surface area contributed by atoms with Crippen LogP contribution in [-0.2, 0) is 13.1 Å². The predicted molar refractivity (Wildman–Crippen MR) is 88.7 cm³/mol. The number of halogens is 1. The van der Waals surface area contributed by atoms with Gasteiger partial charge in [0.1, 0.15) is 11.5 Å². The molecule has 116 valence electrons. The van der Waals surface area contributed by atoms with E-state index in [4.69, 9.17) is 0 Å². The lowest BCUT2D eigenvalue weighted by Crippen LogP contribution is -2.16. The van der Waals surface area contributed by atoms with Crippen LogP contribution in [0.3, 0.4) is 0 Å². The molecular formula is C18H17FN4. The quantitative estimate of drug-likeness (QED) is 0.605. The normalized spacial score (nSPS) is 11.6. The Morgan fingerprint density at radius 1 is 1.17 bits per heavy atom. The van der Waals surface area contributed by atoms with Gasteiger partial charge in [0.05, 0.1) is 11.4 Å². The van der Waals surface area contributed by atoms with E-state index < -0.39 is 0 Å². The number of fused-ring (bicyclic) bond motifs is 2. The van der Waals surface area contributed by atoms with Crippen molar-refractivity contribution >= 4 is 16.6 Å². The maximum Gasteiger partial charge on any atom is 0.137 e. The van der Waals surface area contributed by atoms with Crippen molar-refractivity contribution in [2.24, 2.45) is 0 Å². The van der Waals surface area contributed by atoms with Gasteiger partial charge >= 0.3 is 0 Å².